The summed E-state index contributed by atoms with van der Waals surface area (Å²) in [5.41, 5.74) is 1.41. The van der Waals surface area contributed by atoms with Gasteiger partial charge in [-0.05, 0) is 37.5 Å². The van der Waals surface area contributed by atoms with Crippen LogP contribution in [0, 0.1) is 0 Å². The standard InChI is InChI=1S/C24H34N4O4S/c1-5-17-25-24(30)20(2)27(18-16-21-12-8-6-9-13-21)23(29)19-28(33(31,32)26(3)4)22-14-10-7-11-15-22/h6-15,20H,5,16-19H2,1-4H3,(H,25,30)/t20-/m1/s1. The second-order valence-corrected chi connectivity index (χ2v) is 9.99. The third kappa shape index (κ3) is 7.30. The maximum Gasteiger partial charge on any atom is 0.304 e. The van der Waals surface area contributed by atoms with Gasteiger partial charge in [0, 0.05) is 27.2 Å². The highest BCUT2D eigenvalue weighted by molar-refractivity contribution is 7.90. The Morgan fingerprint density at radius 2 is 1.55 bits per heavy atom. The van der Waals surface area contributed by atoms with Gasteiger partial charge in [-0.2, -0.15) is 12.7 Å². The number of anilines is 1. The van der Waals surface area contributed by atoms with E-state index in [0.29, 0.717) is 18.7 Å². The molecule has 2 rings (SSSR count). The molecular weight excluding hydrogens is 440 g/mol. The molecular formula is C24H34N4O4S. The Bertz CT molecular complexity index is 998. The summed E-state index contributed by atoms with van der Waals surface area (Å²) in [6, 6.07) is 17.4. The first-order valence-electron chi connectivity index (χ1n) is 11.0. The van der Waals surface area contributed by atoms with Crippen molar-refractivity contribution in [3.63, 3.8) is 0 Å². The van der Waals surface area contributed by atoms with Gasteiger partial charge in [0.05, 0.1) is 5.69 Å². The average Bonchev–Trinajstić information content (AvgIpc) is 2.81. The van der Waals surface area contributed by atoms with E-state index < -0.39 is 28.7 Å². The number of rotatable bonds is 12. The lowest BCUT2D eigenvalue weighted by Crippen LogP contribution is -2.53. The zero-order valence-corrected chi connectivity index (χ0v) is 20.6. The van der Waals surface area contributed by atoms with E-state index in [1.54, 1.807) is 37.3 Å². The molecule has 0 aliphatic rings. The third-order valence-electron chi connectivity index (χ3n) is 5.26. The van der Waals surface area contributed by atoms with E-state index >= 15 is 0 Å². The van der Waals surface area contributed by atoms with Crippen molar-refractivity contribution in [1.29, 1.82) is 0 Å². The van der Waals surface area contributed by atoms with Crippen molar-refractivity contribution >= 4 is 27.7 Å². The number of para-hydroxylation sites is 1. The van der Waals surface area contributed by atoms with Gasteiger partial charge >= 0.3 is 10.2 Å². The number of hydrogen-bond donors (Lipinski definition) is 1. The molecule has 1 N–H and O–H groups in total. The fourth-order valence-corrected chi connectivity index (χ4v) is 4.33. The molecule has 33 heavy (non-hydrogen) atoms. The van der Waals surface area contributed by atoms with E-state index in [1.165, 1.54) is 19.0 Å². The summed E-state index contributed by atoms with van der Waals surface area (Å²) in [6.07, 6.45) is 1.32. The highest BCUT2D eigenvalue weighted by Crippen LogP contribution is 2.20. The van der Waals surface area contributed by atoms with E-state index in [0.717, 1.165) is 20.6 Å². The monoisotopic (exact) mass is 474 g/mol. The number of nitrogens with zero attached hydrogens (tertiary/aromatic N) is 3. The molecule has 0 spiro atoms. The van der Waals surface area contributed by atoms with Gasteiger partial charge in [-0.15, -0.1) is 0 Å². The maximum absolute atomic E-state index is 13.5. The Kier molecular flexibility index (Phi) is 9.87. The van der Waals surface area contributed by atoms with Crippen molar-refractivity contribution in [1.82, 2.24) is 14.5 Å². The highest BCUT2D eigenvalue weighted by Gasteiger charge is 2.32. The topological polar surface area (TPSA) is 90.0 Å². The van der Waals surface area contributed by atoms with Gasteiger partial charge in [0.1, 0.15) is 12.6 Å². The summed E-state index contributed by atoms with van der Waals surface area (Å²) in [4.78, 5) is 27.6. The van der Waals surface area contributed by atoms with Crippen molar-refractivity contribution in [3.05, 3.63) is 66.2 Å². The summed E-state index contributed by atoms with van der Waals surface area (Å²) in [5, 5.41) is 2.83. The minimum absolute atomic E-state index is 0.264. The molecule has 0 aromatic heterocycles. The van der Waals surface area contributed by atoms with Gasteiger partial charge < -0.3 is 10.2 Å². The fraction of sp³-hybridized carbons (Fsp3) is 0.417. The lowest BCUT2D eigenvalue weighted by Gasteiger charge is -2.32. The number of hydrogen-bond acceptors (Lipinski definition) is 4. The van der Waals surface area contributed by atoms with Crippen LogP contribution in [0.1, 0.15) is 25.8 Å². The Hall–Kier alpha value is -2.91. The minimum Gasteiger partial charge on any atom is -0.354 e. The Morgan fingerprint density at radius 1 is 0.970 bits per heavy atom. The first-order chi connectivity index (χ1) is 15.7. The predicted molar refractivity (Wildman–Crippen MR) is 131 cm³/mol. The zero-order chi connectivity index (χ0) is 24.4. The van der Waals surface area contributed by atoms with Crippen LogP contribution < -0.4 is 9.62 Å². The summed E-state index contributed by atoms with van der Waals surface area (Å²) in [7, 11) is -1.09. The van der Waals surface area contributed by atoms with E-state index in [-0.39, 0.29) is 12.5 Å². The molecule has 2 aromatic rings. The molecule has 0 radical (unpaired) electrons. The fourth-order valence-electron chi connectivity index (χ4n) is 3.28. The van der Waals surface area contributed by atoms with Gasteiger partial charge in [-0.3, -0.25) is 9.59 Å². The summed E-state index contributed by atoms with van der Waals surface area (Å²) >= 11 is 0. The van der Waals surface area contributed by atoms with Gasteiger partial charge in [-0.1, -0.05) is 55.5 Å². The second-order valence-electron chi connectivity index (χ2n) is 7.92. The lowest BCUT2D eigenvalue weighted by atomic mass is 10.1. The van der Waals surface area contributed by atoms with E-state index in [9.17, 15) is 18.0 Å². The van der Waals surface area contributed by atoms with Crippen molar-refractivity contribution in [2.75, 3.05) is 38.0 Å². The lowest BCUT2D eigenvalue weighted by molar-refractivity contribution is -0.138. The van der Waals surface area contributed by atoms with Crippen LogP contribution in [0.2, 0.25) is 0 Å². The molecule has 8 nitrogen and oxygen atoms in total. The number of nitrogens with one attached hydrogen (secondary N) is 1. The maximum atomic E-state index is 13.5. The summed E-state index contributed by atoms with van der Waals surface area (Å²) in [5.74, 6) is -0.709. The largest absolute Gasteiger partial charge is 0.354 e. The molecule has 0 unspecified atom stereocenters. The first-order valence-corrected chi connectivity index (χ1v) is 12.4. The van der Waals surface area contributed by atoms with Crippen LogP contribution in [-0.2, 0) is 26.2 Å². The van der Waals surface area contributed by atoms with Crippen molar-refractivity contribution in [2.24, 2.45) is 0 Å². The van der Waals surface area contributed by atoms with Gasteiger partial charge in [0.25, 0.3) is 0 Å². The Labute approximate surface area is 197 Å². The number of amides is 2. The quantitative estimate of drug-likeness (QED) is 0.511. The van der Waals surface area contributed by atoms with Crippen molar-refractivity contribution < 1.29 is 18.0 Å². The number of benzene rings is 2. The molecule has 0 aliphatic carbocycles. The van der Waals surface area contributed by atoms with Crippen molar-refractivity contribution in [3.8, 4) is 0 Å². The number of carbonyl (C=O) groups excluding carboxylic acids is 2. The average molecular weight is 475 g/mol. The van der Waals surface area contributed by atoms with Crippen molar-refractivity contribution in [2.45, 2.75) is 32.7 Å². The molecule has 0 bridgehead atoms. The van der Waals surface area contributed by atoms with E-state index in [4.69, 9.17) is 0 Å². The zero-order valence-electron chi connectivity index (χ0n) is 19.8. The molecule has 0 saturated heterocycles. The normalized spacial score (nSPS) is 12.3. The van der Waals surface area contributed by atoms with E-state index in [2.05, 4.69) is 5.32 Å². The minimum atomic E-state index is -3.93. The molecule has 1 atom stereocenters. The van der Waals surface area contributed by atoms with Crippen LogP contribution in [0.4, 0.5) is 5.69 Å². The Morgan fingerprint density at radius 3 is 2.09 bits per heavy atom. The number of carbonyl (C=O) groups is 2. The summed E-state index contributed by atoms with van der Waals surface area (Å²) < 4.78 is 28.2. The van der Waals surface area contributed by atoms with Crippen LogP contribution in [-0.4, -0.2) is 69.2 Å². The molecule has 2 amide bonds. The van der Waals surface area contributed by atoms with Gasteiger partial charge in [0.2, 0.25) is 11.8 Å². The van der Waals surface area contributed by atoms with Crippen LogP contribution in [0.5, 0.6) is 0 Å². The van der Waals surface area contributed by atoms with E-state index in [1.807, 2.05) is 37.3 Å². The summed E-state index contributed by atoms with van der Waals surface area (Å²) in [6.45, 7) is 4.00. The van der Waals surface area contributed by atoms with Crippen LogP contribution in [0.15, 0.2) is 60.7 Å². The second kappa shape index (κ2) is 12.4. The molecule has 0 heterocycles. The Balaban J connectivity index is 2.32. The molecule has 180 valence electrons. The van der Waals surface area contributed by atoms with Crippen LogP contribution in [0.3, 0.4) is 0 Å². The SMILES string of the molecule is CCCNC(=O)[C@@H](C)N(CCc1ccccc1)C(=O)CN(c1ccccc1)S(=O)(=O)N(C)C. The molecule has 9 heteroatoms. The molecule has 0 saturated carbocycles. The third-order valence-corrected chi connectivity index (χ3v) is 7.08. The predicted octanol–water partition coefficient (Wildman–Crippen LogP) is 2.29. The van der Waals surface area contributed by atoms with Crippen LogP contribution >= 0.6 is 0 Å². The molecule has 2 aromatic carbocycles. The highest BCUT2D eigenvalue weighted by atomic mass is 32.2. The van der Waals surface area contributed by atoms with Gasteiger partial charge in [0.15, 0.2) is 0 Å². The van der Waals surface area contributed by atoms with Crippen LogP contribution in [0.25, 0.3) is 0 Å². The molecule has 0 aliphatic heterocycles. The smallest absolute Gasteiger partial charge is 0.304 e. The molecule has 0 fully saturated rings. The first kappa shape index (κ1) is 26.3. The van der Waals surface area contributed by atoms with Gasteiger partial charge in [-0.25, -0.2) is 4.31 Å².